The minimum Gasteiger partial charge on any atom is -0.301 e. The van der Waals surface area contributed by atoms with Crippen LogP contribution in [0.25, 0.3) is 0 Å². The first-order valence-corrected chi connectivity index (χ1v) is 14.5. The molecule has 220 valence electrons. The van der Waals surface area contributed by atoms with E-state index >= 15 is 0 Å². The molecule has 2 saturated carbocycles. The summed E-state index contributed by atoms with van der Waals surface area (Å²) in [6.07, 6.45) is 7.43. The van der Waals surface area contributed by atoms with Gasteiger partial charge in [-0.15, -0.1) is 24.8 Å². The summed E-state index contributed by atoms with van der Waals surface area (Å²) >= 11 is 0. The average molecular weight is 605 g/mol. The summed E-state index contributed by atoms with van der Waals surface area (Å²) in [7, 11) is 0. The van der Waals surface area contributed by atoms with Crippen molar-refractivity contribution in [1.29, 1.82) is 0 Å². The van der Waals surface area contributed by atoms with Gasteiger partial charge >= 0.3 is 0 Å². The van der Waals surface area contributed by atoms with Crippen molar-refractivity contribution in [2.24, 2.45) is 35.5 Å². The number of carbonyl (C=O) groups excluding carboxylic acids is 2. The van der Waals surface area contributed by atoms with Gasteiger partial charge in [-0.3, -0.25) is 19.4 Å². The van der Waals surface area contributed by atoms with Gasteiger partial charge < -0.3 is 4.90 Å². The lowest BCUT2D eigenvalue weighted by molar-refractivity contribution is -0.140. The predicted octanol–water partition coefficient (Wildman–Crippen LogP) is 5.35. The molecule has 6 atom stereocenters. The Morgan fingerprint density at radius 2 is 1.15 bits per heavy atom. The minimum absolute atomic E-state index is 0. The number of rotatable bonds is 8. The summed E-state index contributed by atoms with van der Waals surface area (Å²) in [6, 6.07) is 13.1. The van der Waals surface area contributed by atoms with E-state index in [1.54, 1.807) is 4.90 Å². The molecule has 6 aliphatic rings. The van der Waals surface area contributed by atoms with Gasteiger partial charge in [0.15, 0.2) is 0 Å². The van der Waals surface area contributed by atoms with E-state index in [0.29, 0.717) is 18.4 Å². The Bertz CT molecular complexity index is 1200. The van der Waals surface area contributed by atoms with Crippen LogP contribution in [0.3, 0.4) is 0 Å². The van der Waals surface area contributed by atoms with Gasteiger partial charge in [-0.25, -0.2) is 8.78 Å². The Balaban J connectivity index is 0.00000169. The number of hydrogen-bond acceptors (Lipinski definition) is 4. The van der Waals surface area contributed by atoms with Crippen LogP contribution >= 0.6 is 24.8 Å². The summed E-state index contributed by atoms with van der Waals surface area (Å²) in [5.74, 6) is 1.29. The Hall–Kier alpha value is -2.32. The van der Waals surface area contributed by atoms with Crippen molar-refractivity contribution in [3.63, 3.8) is 0 Å². The van der Waals surface area contributed by atoms with Crippen LogP contribution in [0, 0.1) is 47.1 Å². The van der Waals surface area contributed by atoms with Crippen LogP contribution in [0.5, 0.6) is 0 Å². The van der Waals surface area contributed by atoms with Gasteiger partial charge in [-0.2, -0.15) is 0 Å². The zero-order valence-electron chi connectivity index (χ0n) is 22.9. The highest BCUT2D eigenvalue weighted by Gasteiger charge is 2.66. The molecule has 6 unspecified atom stereocenters. The molecule has 4 aliphatic carbocycles. The van der Waals surface area contributed by atoms with E-state index in [2.05, 4.69) is 22.0 Å². The third-order valence-electron chi connectivity index (χ3n) is 10.0. The number of carbonyl (C=O) groups is 2. The smallest absolute Gasteiger partial charge is 0.233 e. The highest BCUT2D eigenvalue weighted by molar-refractivity contribution is 6.06. The second-order valence-electron chi connectivity index (χ2n) is 12.1. The van der Waals surface area contributed by atoms with Gasteiger partial charge in [-0.1, -0.05) is 36.4 Å². The number of hydrogen-bond donors (Lipinski definition) is 0. The maximum Gasteiger partial charge on any atom is 0.233 e. The normalized spacial score (nSPS) is 30.2. The first-order valence-electron chi connectivity index (χ1n) is 14.5. The molecule has 5 nitrogen and oxygen atoms in total. The average Bonchev–Trinajstić information content (AvgIpc) is 3.74. The van der Waals surface area contributed by atoms with Gasteiger partial charge in [0.1, 0.15) is 11.6 Å². The molecule has 0 spiro atoms. The monoisotopic (exact) mass is 603 g/mol. The van der Waals surface area contributed by atoms with E-state index in [1.165, 1.54) is 30.7 Å². The number of halogens is 4. The van der Waals surface area contributed by atoms with Crippen molar-refractivity contribution in [1.82, 2.24) is 14.7 Å². The molecule has 2 aromatic rings. The molecular formula is C32H37Cl2F2N3O2. The predicted molar refractivity (Wildman–Crippen MR) is 158 cm³/mol. The lowest BCUT2D eigenvalue weighted by atomic mass is 9.63. The van der Waals surface area contributed by atoms with Crippen LogP contribution < -0.4 is 0 Å². The summed E-state index contributed by atoms with van der Waals surface area (Å²) < 4.78 is 27.2. The van der Waals surface area contributed by atoms with Crippen molar-refractivity contribution < 1.29 is 18.4 Å². The standard InChI is InChI=1S/C32H35F2N3O2.2ClH/c33-22-7-3-20(4-8-22)30(21-5-9-23(34)10-6-21)36-17-15-35(16-18-36)13-1-2-14-37-31(38)28-24-11-12-25(27-19-26(24)27)29(28)32(37)39;;/h3-12,24-30H,1-2,13-19H2;2*1H. The Labute approximate surface area is 252 Å². The number of likely N-dealkylation sites (tertiary alicyclic amines) is 1. The van der Waals surface area contributed by atoms with Crippen molar-refractivity contribution >= 4 is 36.6 Å². The van der Waals surface area contributed by atoms with Crippen LogP contribution in [0.2, 0.25) is 0 Å². The molecule has 41 heavy (non-hydrogen) atoms. The number of benzene rings is 2. The Kier molecular flexibility index (Phi) is 8.91. The molecule has 2 aromatic carbocycles. The van der Waals surface area contributed by atoms with Crippen LogP contribution in [0.4, 0.5) is 8.78 Å². The fourth-order valence-electron chi connectivity index (χ4n) is 7.99. The number of allylic oxidation sites excluding steroid dienone is 2. The fourth-order valence-corrected chi connectivity index (χ4v) is 7.99. The summed E-state index contributed by atoms with van der Waals surface area (Å²) in [5.41, 5.74) is 2.00. The van der Waals surface area contributed by atoms with Gasteiger partial charge in [0.25, 0.3) is 0 Å². The molecule has 4 fully saturated rings. The Morgan fingerprint density at radius 3 is 1.63 bits per heavy atom. The van der Waals surface area contributed by atoms with Crippen molar-refractivity contribution in [2.75, 3.05) is 39.3 Å². The zero-order chi connectivity index (χ0) is 26.7. The van der Waals surface area contributed by atoms with Crippen molar-refractivity contribution in [3.8, 4) is 0 Å². The third kappa shape index (κ3) is 5.47. The number of amides is 2. The summed E-state index contributed by atoms with van der Waals surface area (Å²) in [5, 5.41) is 0. The van der Waals surface area contributed by atoms with Gasteiger partial charge in [0, 0.05) is 32.7 Å². The third-order valence-corrected chi connectivity index (χ3v) is 10.0. The SMILES string of the molecule is Cl.Cl.O=C1C2C3C=CC(C4CC34)C2C(=O)N1CCCCN1CCN(C(c2ccc(F)cc2)c2ccc(F)cc2)CC1. The van der Waals surface area contributed by atoms with Gasteiger partial charge in [0.2, 0.25) is 11.8 Å². The number of imide groups is 1. The lowest BCUT2D eigenvalue weighted by Crippen LogP contribution is -2.48. The number of piperazine rings is 1. The first-order chi connectivity index (χ1) is 19.0. The maximum absolute atomic E-state index is 13.6. The largest absolute Gasteiger partial charge is 0.301 e. The molecule has 0 radical (unpaired) electrons. The molecule has 2 saturated heterocycles. The highest BCUT2D eigenvalue weighted by Crippen LogP contribution is 2.65. The quantitative estimate of drug-likeness (QED) is 0.232. The van der Waals surface area contributed by atoms with E-state index in [4.69, 9.17) is 0 Å². The van der Waals surface area contributed by atoms with Gasteiger partial charge in [-0.05, 0) is 84.9 Å². The van der Waals surface area contributed by atoms with Crippen LogP contribution in [-0.2, 0) is 9.59 Å². The molecule has 8 rings (SSSR count). The second-order valence-corrected chi connectivity index (χ2v) is 12.1. The molecule has 2 aliphatic heterocycles. The topological polar surface area (TPSA) is 43.9 Å². The van der Waals surface area contributed by atoms with E-state index in [9.17, 15) is 18.4 Å². The molecule has 0 aromatic heterocycles. The number of unbranched alkanes of at least 4 members (excludes halogenated alkanes) is 1. The molecule has 9 heteroatoms. The Morgan fingerprint density at radius 1 is 0.683 bits per heavy atom. The van der Waals surface area contributed by atoms with E-state index < -0.39 is 0 Å². The molecule has 2 heterocycles. The summed E-state index contributed by atoms with van der Waals surface area (Å²) in [4.78, 5) is 32.8. The minimum atomic E-state index is -0.266. The van der Waals surface area contributed by atoms with E-state index in [0.717, 1.165) is 56.7 Å². The van der Waals surface area contributed by atoms with Crippen LogP contribution in [0.15, 0.2) is 60.7 Å². The first kappa shape index (κ1) is 30.1. The zero-order valence-corrected chi connectivity index (χ0v) is 24.5. The van der Waals surface area contributed by atoms with E-state index in [-0.39, 0.29) is 78.0 Å². The number of nitrogens with zero attached hydrogens (tertiary/aromatic N) is 3. The van der Waals surface area contributed by atoms with Crippen LogP contribution in [0.1, 0.15) is 36.4 Å². The molecule has 2 amide bonds. The lowest BCUT2D eigenvalue weighted by Gasteiger charge is -2.40. The van der Waals surface area contributed by atoms with E-state index in [1.807, 2.05) is 24.3 Å². The molecule has 2 bridgehead atoms. The summed E-state index contributed by atoms with van der Waals surface area (Å²) in [6.45, 7) is 4.99. The van der Waals surface area contributed by atoms with Crippen LogP contribution in [-0.4, -0.2) is 65.8 Å². The second kappa shape index (κ2) is 12.1. The molecular weight excluding hydrogens is 567 g/mol. The fraction of sp³-hybridized carbons (Fsp3) is 0.500. The maximum atomic E-state index is 13.6. The highest BCUT2D eigenvalue weighted by atomic mass is 35.5. The van der Waals surface area contributed by atoms with Gasteiger partial charge in [0.05, 0.1) is 17.9 Å². The molecule has 0 N–H and O–H groups in total. The van der Waals surface area contributed by atoms with Crippen molar-refractivity contribution in [3.05, 3.63) is 83.4 Å². The van der Waals surface area contributed by atoms with Crippen molar-refractivity contribution in [2.45, 2.75) is 25.3 Å².